The molecule has 8 heteroatoms. The van der Waals surface area contributed by atoms with Crippen molar-refractivity contribution in [2.75, 3.05) is 13.6 Å². The van der Waals surface area contributed by atoms with E-state index in [1.807, 2.05) is 24.3 Å². The first kappa shape index (κ1) is 20.4. The lowest BCUT2D eigenvalue weighted by Gasteiger charge is -2.21. The molecule has 0 radical (unpaired) electrons. The zero-order chi connectivity index (χ0) is 21.1. The standard InChI is InChI=1S/C22H18BrN5OS/c1-28-8-7-18-19(11-24)22(30-21(18)13-28)25-12-14-9-17(5-6-20(14)29)27-26-16-4-2-3-15(23)10-16/h2-6,9-10,12,29H,7-8,13H2,1H3. The van der Waals surface area contributed by atoms with Crippen LogP contribution in [0.5, 0.6) is 5.75 Å². The number of aromatic hydroxyl groups is 1. The smallest absolute Gasteiger partial charge is 0.134 e. The Hall–Kier alpha value is -2.86. The van der Waals surface area contributed by atoms with Crippen LogP contribution in [0.1, 0.15) is 21.6 Å². The maximum absolute atomic E-state index is 10.2. The fourth-order valence-corrected chi connectivity index (χ4v) is 4.82. The molecule has 4 rings (SSSR count). The maximum Gasteiger partial charge on any atom is 0.134 e. The van der Waals surface area contributed by atoms with Gasteiger partial charge in [-0.1, -0.05) is 22.0 Å². The SMILES string of the molecule is CN1CCc2c(sc(N=Cc3cc(N=Nc4cccc(Br)c4)ccc3O)c2C#N)C1. The van der Waals surface area contributed by atoms with Crippen LogP contribution in [0.25, 0.3) is 0 Å². The Bertz CT molecular complexity index is 1190. The number of thiophene rings is 1. The topological polar surface area (TPSA) is 84.3 Å². The number of azo groups is 1. The molecule has 0 saturated heterocycles. The van der Waals surface area contributed by atoms with Crippen molar-refractivity contribution in [2.24, 2.45) is 15.2 Å². The van der Waals surface area contributed by atoms with Crippen LogP contribution >= 0.6 is 27.3 Å². The molecule has 1 aliphatic rings. The average molecular weight is 480 g/mol. The molecule has 0 fully saturated rings. The van der Waals surface area contributed by atoms with Crippen LogP contribution in [0.15, 0.2) is 62.2 Å². The lowest BCUT2D eigenvalue weighted by atomic mass is 10.0. The molecule has 0 unspecified atom stereocenters. The van der Waals surface area contributed by atoms with E-state index < -0.39 is 0 Å². The molecule has 0 spiro atoms. The summed E-state index contributed by atoms with van der Waals surface area (Å²) in [7, 11) is 2.07. The van der Waals surface area contributed by atoms with Gasteiger partial charge in [0.25, 0.3) is 0 Å². The van der Waals surface area contributed by atoms with Crippen LogP contribution in [-0.4, -0.2) is 29.8 Å². The third-order valence-electron chi connectivity index (χ3n) is 4.76. The largest absolute Gasteiger partial charge is 0.507 e. The van der Waals surface area contributed by atoms with Crippen molar-refractivity contribution >= 4 is 49.9 Å². The van der Waals surface area contributed by atoms with Crippen LogP contribution in [0.4, 0.5) is 16.4 Å². The van der Waals surface area contributed by atoms with Crippen molar-refractivity contribution in [3.05, 3.63) is 68.5 Å². The lowest BCUT2D eigenvalue weighted by Crippen LogP contribution is -2.25. The maximum atomic E-state index is 10.2. The van der Waals surface area contributed by atoms with Crippen LogP contribution in [0.3, 0.4) is 0 Å². The molecular weight excluding hydrogens is 462 g/mol. The zero-order valence-corrected chi connectivity index (χ0v) is 18.6. The van der Waals surface area contributed by atoms with E-state index in [-0.39, 0.29) is 5.75 Å². The van der Waals surface area contributed by atoms with Gasteiger partial charge >= 0.3 is 0 Å². The van der Waals surface area contributed by atoms with E-state index in [4.69, 9.17) is 0 Å². The minimum Gasteiger partial charge on any atom is -0.507 e. The summed E-state index contributed by atoms with van der Waals surface area (Å²) < 4.78 is 0.926. The van der Waals surface area contributed by atoms with Gasteiger partial charge in [0.15, 0.2) is 0 Å². The van der Waals surface area contributed by atoms with Gasteiger partial charge in [0, 0.05) is 34.2 Å². The van der Waals surface area contributed by atoms with Crippen molar-refractivity contribution in [3.8, 4) is 11.8 Å². The van der Waals surface area contributed by atoms with Crippen molar-refractivity contribution in [1.29, 1.82) is 5.26 Å². The fourth-order valence-electron chi connectivity index (χ4n) is 3.21. The van der Waals surface area contributed by atoms with E-state index in [1.165, 1.54) is 16.2 Å². The number of likely N-dealkylation sites (N-methyl/N-ethyl adjacent to an activating group) is 1. The molecular formula is C22H18BrN5OS. The molecule has 1 aromatic heterocycles. The summed E-state index contributed by atoms with van der Waals surface area (Å²) in [4.78, 5) is 7.95. The molecule has 0 atom stereocenters. The number of benzene rings is 2. The molecule has 30 heavy (non-hydrogen) atoms. The number of hydrogen-bond acceptors (Lipinski definition) is 7. The van der Waals surface area contributed by atoms with E-state index in [1.54, 1.807) is 24.4 Å². The highest BCUT2D eigenvalue weighted by atomic mass is 79.9. The van der Waals surface area contributed by atoms with Gasteiger partial charge in [-0.15, -0.1) is 11.3 Å². The number of phenols is 1. The molecule has 1 N–H and O–H groups in total. The molecule has 3 aromatic rings. The Morgan fingerprint density at radius 1 is 1.20 bits per heavy atom. The summed E-state index contributed by atoms with van der Waals surface area (Å²) in [5, 5.41) is 29.0. The highest BCUT2D eigenvalue weighted by Crippen LogP contribution is 2.38. The third kappa shape index (κ3) is 4.49. The zero-order valence-electron chi connectivity index (χ0n) is 16.2. The lowest BCUT2D eigenvalue weighted by molar-refractivity contribution is 0.317. The summed E-state index contributed by atoms with van der Waals surface area (Å²) in [5.41, 5.74) is 3.59. The quantitative estimate of drug-likeness (QED) is 0.354. The number of nitrogens with zero attached hydrogens (tertiary/aromatic N) is 5. The van der Waals surface area contributed by atoms with Gasteiger partial charge in [-0.25, -0.2) is 4.99 Å². The predicted molar refractivity (Wildman–Crippen MR) is 123 cm³/mol. The normalized spacial score (nSPS) is 14.3. The summed E-state index contributed by atoms with van der Waals surface area (Å²) in [6, 6.07) is 14.8. The summed E-state index contributed by atoms with van der Waals surface area (Å²) in [6.45, 7) is 1.77. The van der Waals surface area contributed by atoms with E-state index >= 15 is 0 Å². The Kier molecular flexibility index (Phi) is 6.04. The van der Waals surface area contributed by atoms with Crippen molar-refractivity contribution in [1.82, 2.24) is 4.90 Å². The number of phenolic OH excluding ortho intramolecular Hbond substituents is 1. The van der Waals surface area contributed by atoms with Crippen LogP contribution in [0.2, 0.25) is 0 Å². The summed E-state index contributed by atoms with van der Waals surface area (Å²) in [6.07, 6.45) is 2.44. The monoisotopic (exact) mass is 479 g/mol. The van der Waals surface area contributed by atoms with Crippen molar-refractivity contribution in [3.63, 3.8) is 0 Å². The minimum absolute atomic E-state index is 0.0970. The van der Waals surface area contributed by atoms with E-state index in [9.17, 15) is 10.4 Å². The van der Waals surface area contributed by atoms with Crippen LogP contribution < -0.4 is 0 Å². The van der Waals surface area contributed by atoms with Gasteiger partial charge < -0.3 is 10.0 Å². The molecule has 6 nitrogen and oxygen atoms in total. The highest BCUT2D eigenvalue weighted by molar-refractivity contribution is 9.10. The first-order valence-corrected chi connectivity index (χ1v) is 10.9. The number of halogens is 1. The second-order valence-electron chi connectivity index (χ2n) is 6.96. The average Bonchev–Trinajstić information content (AvgIpc) is 3.08. The molecule has 0 aliphatic carbocycles. The second-order valence-corrected chi connectivity index (χ2v) is 8.96. The summed E-state index contributed by atoms with van der Waals surface area (Å²) in [5.74, 6) is 0.0970. The summed E-state index contributed by atoms with van der Waals surface area (Å²) >= 11 is 4.95. The van der Waals surface area contributed by atoms with Gasteiger partial charge in [-0.3, -0.25) is 0 Å². The van der Waals surface area contributed by atoms with E-state index in [0.29, 0.717) is 21.8 Å². The minimum atomic E-state index is 0.0970. The molecule has 150 valence electrons. The Balaban J connectivity index is 1.60. The Labute approximate surface area is 187 Å². The number of hydrogen-bond donors (Lipinski definition) is 1. The molecule has 2 aromatic carbocycles. The third-order valence-corrected chi connectivity index (χ3v) is 6.38. The van der Waals surface area contributed by atoms with Gasteiger partial charge in [-0.2, -0.15) is 15.5 Å². The number of fused-ring (bicyclic) bond motifs is 1. The molecule has 0 amide bonds. The Morgan fingerprint density at radius 2 is 2.00 bits per heavy atom. The van der Waals surface area contributed by atoms with Crippen molar-refractivity contribution < 1.29 is 5.11 Å². The van der Waals surface area contributed by atoms with Crippen molar-refractivity contribution in [2.45, 2.75) is 13.0 Å². The predicted octanol–water partition coefficient (Wildman–Crippen LogP) is 6.24. The van der Waals surface area contributed by atoms with Gasteiger partial charge in [-0.05, 0) is 55.4 Å². The fraction of sp³-hybridized carbons (Fsp3) is 0.182. The first-order valence-electron chi connectivity index (χ1n) is 9.31. The van der Waals surface area contributed by atoms with E-state index in [2.05, 4.69) is 49.2 Å². The second kappa shape index (κ2) is 8.88. The van der Waals surface area contributed by atoms with Gasteiger partial charge in [0.05, 0.1) is 16.9 Å². The van der Waals surface area contributed by atoms with Gasteiger partial charge in [0.2, 0.25) is 0 Å². The van der Waals surface area contributed by atoms with Gasteiger partial charge in [0.1, 0.15) is 16.8 Å². The van der Waals surface area contributed by atoms with E-state index in [0.717, 1.165) is 35.2 Å². The molecule has 0 bridgehead atoms. The number of nitriles is 1. The number of aliphatic imine (C=N–C) groups is 1. The number of rotatable bonds is 4. The molecule has 2 heterocycles. The van der Waals surface area contributed by atoms with Crippen LogP contribution in [0, 0.1) is 11.3 Å². The Morgan fingerprint density at radius 3 is 2.77 bits per heavy atom. The first-order chi connectivity index (χ1) is 14.5. The molecule has 0 saturated carbocycles. The van der Waals surface area contributed by atoms with Crippen LogP contribution in [-0.2, 0) is 13.0 Å². The highest BCUT2D eigenvalue weighted by Gasteiger charge is 2.22. The molecule has 1 aliphatic heterocycles.